The van der Waals surface area contributed by atoms with Crippen molar-refractivity contribution in [3.63, 3.8) is 0 Å². The third-order valence-electron chi connectivity index (χ3n) is 1.94. The van der Waals surface area contributed by atoms with Gasteiger partial charge in [0, 0.05) is 11.8 Å². The second kappa shape index (κ2) is 5.74. The summed E-state index contributed by atoms with van der Waals surface area (Å²) in [5.41, 5.74) is -2.02. The van der Waals surface area contributed by atoms with Crippen molar-refractivity contribution in [1.82, 2.24) is 9.55 Å². The van der Waals surface area contributed by atoms with Gasteiger partial charge >= 0.3 is 5.69 Å². The Morgan fingerprint density at radius 2 is 2.12 bits per heavy atom. The number of unbranched alkanes of at least 4 members (excludes halogenated alkanes) is 1. The van der Waals surface area contributed by atoms with Crippen LogP contribution in [0.5, 0.6) is 0 Å². The van der Waals surface area contributed by atoms with Crippen LogP contribution in [-0.4, -0.2) is 20.8 Å². The Hall–Kier alpha value is -1.24. The maximum atomic E-state index is 12.8. The lowest BCUT2D eigenvalue weighted by Gasteiger charge is -2.02. The van der Waals surface area contributed by atoms with Gasteiger partial charge in [-0.1, -0.05) is 15.9 Å². The molecule has 0 aliphatic carbocycles. The van der Waals surface area contributed by atoms with Gasteiger partial charge in [0.05, 0.1) is 6.20 Å². The Morgan fingerprint density at radius 1 is 1.44 bits per heavy atom. The summed E-state index contributed by atoms with van der Waals surface area (Å²) in [6, 6.07) is 0. The number of hydrogen-bond acceptors (Lipinski definition) is 3. The second-order valence-corrected chi connectivity index (χ2v) is 3.94. The molecule has 0 saturated heterocycles. The van der Waals surface area contributed by atoms with Crippen molar-refractivity contribution >= 4 is 21.8 Å². The Morgan fingerprint density at radius 3 is 2.75 bits per heavy atom. The average Bonchev–Trinajstić information content (AvgIpc) is 2.23. The van der Waals surface area contributed by atoms with Gasteiger partial charge < -0.3 is 0 Å². The van der Waals surface area contributed by atoms with Crippen LogP contribution in [0.1, 0.15) is 24.1 Å². The molecule has 0 amide bonds. The van der Waals surface area contributed by atoms with Gasteiger partial charge in [0.2, 0.25) is 11.7 Å². The van der Waals surface area contributed by atoms with Crippen molar-refractivity contribution in [3.8, 4) is 0 Å². The number of aromatic nitrogens is 2. The van der Waals surface area contributed by atoms with Crippen molar-refractivity contribution in [2.45, 2.75) is 19.3 Å². The molecule has 1 N–H and O–H groups in total. The summed E-state index contributed by atoms with van der Waals surface area (Å²) in [7, 11) is 0. The standard InChI is InChI=1S/C9H10BrFN2O3/c10-4-2-1-3-7(14)13-5-6(11)8(15)12-9(13)16/h5H,1-4H2,(H,12,15,16). The fraction of sp³-hybridized carbons (Fsp3) is 0.444. The maximum absolute atomic E-state index is 12.8. The van der Waals surface area contributed by atoms with Crippen LogP contribution in [0.3, 0.4) is 0 Å². The SMILES string of the molecule is O=C(CCCCBr)n1cc(F)c(=O)[nH]c1=O. The maximum Gasteiger partial charge on any atom is 0.335 e. The minimum Gasteiger partial charge on any atom is -0.274 e. The number of carbonyl (C=O) groups excluding carboxylic acids is 1. The second-order valence-electron chi connectivity index (χ2n) is 3.15. The predicted molar refractivity (Wildman–Crippen MR) is 59.6 cm³/mol. The molecule has 1 rings (SSSR count). The first-order valence-corrected chi connectivity index (χ1v) is 5.79. The van der Waals surface area contributed by atoms with E-state index in [4.69, 9.17) is 0 Å². The van der Waals surface area contributed by atoms with E-state index in [1.807, 2.05) is 0 Å². The highest BCUT2D eigenvalue weighted by molar-refractivity contribution is 9.09. The van der Waals surface area contributed by atoms with Crippen LogP contribution in [0.2, 0.25) is 0 Å². The lowest BCUT2D eigenvalue weighted by atomic mass is 10.2. The van der Waals surface area contributed by atoms with Gasteiger partial charge in [0.1, 0.15) is 0 Å². The van der Waals surface area contributed by atoms with Gasteiger partial charge in [-0.3, -0.25) is 14.6 Å². The molecule has 16 heavy (non-hydrogen) atoms. The van der Waals surface area contributed by atoms with Crippen LogP contribution in [0, 0.1) is 5.82 Å². The third-order valence-corrected chi connectivity index (χ3v) is 2.50. The largest absolute Gasteiger partial charge is 0.335 e. The van der Waals surface area contributed by atoms with E-state index in [1.165, 1.54) is 0 Å². The molecule has 0 radical (unpaired) electrons. The number of nitrogens with zero attached hydrogens (tertiary/aromatic N) is 1. The fourth-order valence-electron chi connectivity index (χ4n) is 1.12. The van der Waals surface area contributed by atoms with E-state index in [0.717, 1.165) is 11.8 Å². The molecule has 0 aliphatic heterocycles. The molecule has 0 fully saturated rings. The number of rotatable bonds is 4. The van der Waals surface area contributed by atoms with Gasteiger partial charge in [-0.25, -0.2) is 9.36 Å². The zero-order valence-corrected chi connectivity index (χ0v) is 9.92. The number of H-pyrrole nitrogens is 1. The topological polar surface area (TPSA) is 71.9 Å². The lowest BCUT2D eigenvalue weighted by molar-refractivity contribution is 0.0892. The first-order valence-electron chi connectivity index (χ1n) is 4.67. The van der Waals surface area contributed by atoms with E-state index >= 15 is 0 Å². The smallest absolute Gasteiger partial charge is 0.274 e. The molecule has 0 bridgehead atoms. The van der Waals surface area contributed by atoms with E-state index < -0.39 is 23.0 Å². The van der Waals surface area contributed by atoms with Gasteiger partial charge in [0.15, 0.2) is 0 Å². The molecular weight excluding hydrogens is 283 g/mol. The highest BCUT2D eigenvalue weighted by Crippen LogP contribution is 2.00. The molecular formula is C9H10BrFN2O3. The minimum absolute atomic E-state index is 0.136. The van der Waals surface area contributed by atoms with Crippen LogP contribution in [0.25, 0.3) is 0 Å². The van der Waals surface area contributed by atoms with Crippen LogP contribution in [0.15, 0.2) is 15.8 Å². The van der Waals surface area contributed by atoms with E-state index in [9.17, 15) is 18.8 Å². The summed E-state index contributed by atoms with van der Waals surface area (Å²) in [6.07, 6.45) is 2.14. The van der Waals surface area contributed by atoms with Crippen molar-refractivity contribution in [3.05, 3.63) is 32.9 Å². The number of aromatic amines is 1. The van der Waals surface area contributed by atoms with E-state index in [-0.39, 0.29) is 6.42 Å². The third kappa shape index (κ3) is 3.13. The molecule has 1 aromatic rings. The van der Waals surface area contributed by atoms with Crippen molar-refractivity contribution in [2.75, 3.05) is 5.33 Å². The van der Waals surface area contributed by atoms with Crippen molar-refractivity contribution in [2.24, 2.45) is 0 Å². The van der Waals surface area contributed by atoms with Crippen LogP contribution >= 0.6 is 15.9 Å². The summed E-state index contributed by atoms with van der Waals surface area (Å²) >= 11 is 3.20. The summed E-state index contributed by atoms with van der Waals surface area (Å²) in [5.74, 6) is -1.67. The summed E-state index contributed by atoms with van der Waals surface area (Å²) in [5, 5.41) is 0.759. The quantitative estimate of drug-likeness (QED) is 0.661. The molecule has 5 nitrogen and oxygen atoms in total. The molecule has 88 valence electrons. The van der Waals surface area contributed by atoms with E-state index in [2.05, 4.69) is 15.9 Å². The molecule has 0 aliphatic rings. The molecule has 0 aromatic carbocycles. The Labute approximate surface area is 98.4 Å². The van der Waals surface area contributed by atoms with Crippen molar-refractivity contribution in [1.29, 1.82) is 0 Å². The molecule has 0 spiro atoms. The zero-order valence-electron chi connectivity index (χ0n) is 8.33. The summed E-state index contributed by atoms with van der Waals surface area (Å²) < 4.78 is 13.4. The number of alkyl halides is 1. The van der Waals surface area contributed by atoms with Gasteiger partial charge in [-0.15, -0.1) is 0 Å². The van der Waals surface area contributed by atoms with Gasteiger partial charge in [-0.2, -0.15) is 4.39 Å². The number of halogens is 2. The molecule has 0 atom stereocenters. The first kappa shape index (κ1) is 12.8. The number of nitrogens with one attached hydrogen (secondary N) is 1. The Bertz CT molecular complexity index is 494. The van der Waals surface area contributed by atoms with Crippen molar-refractivity contribution < 1.29 is 9.18 Å². The number of hydrogen-bond donors (Lipinski definition) is 1. The Kier molecular flexibility index (Phi) is 4.60. The highest BCUT2D eigenvalue weighted by atomic mass is 79.9. The van der Waals surface area contributed by atoms with E-state index in [1.54, 1.807) is 4.98 Å². The van der Waals surface area contributed by atoms with Crippen LogP contribution in [0.4, 0.5) is 4.39 Å². The van der Waals surface area contributed by atoms with Gasteiger partial charge in [-0.05, 0) is 12.8 Å². The van der Waals surface area contributed by atoms with Crippen LogP contribution in [-0.2, 0) is 0 Å². The zero-order chi connectivity index (χ0) is 12.1. The Balaban J connectivity index is 2.88. The molecule has 0 unspecified atom stereocenters. The molecule has 1 aromatic heterocycles. The molecule has 0 saturated carbocycles. The summed E-state index contributed by atoms with van der Waals surface area (Å²) in [6.45, 7) is 0. The fourth-order valence-corrected chi connectivity index (χ4v) is 1.52. The predicted octanol–water partition coefficient (Wildman–Crippen LogP) is 0.881. The first-order chi connectivity index (χ1) is 7.56. The average molecular weight is 293 g/mol. The number of carbonyl (C=O) groups is 1. The summed E-state index contributed by atoms with van der Waals surface area (Å²) in [4.78, 5) is 35.1. The lowest BCUT2D eigenvalue weighted by Crippen LogP contribution is -2.34. The van der Waals surface area contributed by atoms with Gasteiger partial charge in [0.25, 0.3) is 5.56 Å². The normalized spacial score (nSPS) is 10.4. The molecule has 7 heteroatoms. The molecule has 1 heterocycles. The van der Waals surface area contributed by atoms with E-state index in [0.29, 0.717) is 17.2 Å². The highest BCUT2D eigenvalue weighted by Gasteiger charge is 2.10. The monoisotopic (exact) mass is 292 g/mol. The van der Waals surface area contributed by atoms with Crippen LogP contribution < -0.4 is 11.2 Å². The minimum atomic E-state index is -1.14.